The van der Waals surface area contributed by atoms with E-state index in [1.54, 1.807) is 0 Å². The second-order valence-electron chi connectivity index (χ2n) is 18.9. The molecule has 5 saturated carbocycles. The first kappa shape index (κ1) is 35.4. The van der Waals surface area contributed by atoms with Crippen molar-refractivity contribution >= 4 is 11.9 Å². The fourth-order valence-electron chi connectivity index (χ4n) is 13.6. The highest BCUT2D eigenvalue weighted by molar-refractivity contribution is 5.88. The minimum atomic E-state index is -0.925. The zero-order valence-electron chi connectivity index (χ0n) is 30.7. The van der Waals surface area contributed by atoms with Crippen molar-refractivity contribution < 1.29 is 24.5 Å². The predicted molar refractivity (Wildman–Crippen MR) is 186 cm³/mol. The van der Waals surface area contributed by atoms with Crippen LogP contribution in [0.4, 0.5) is 0 Å². The van der Waals surface area contributed by atoms with E-state index < -0.39 is 17.4 Å². The maximum atomic E-state index is 14.7. The largest absolute Gasteiger partial charge is 0.480 e. The van der Waals surface area contributed by atoms with Crippen LogP contribution in [0.5, 0.6) is 0 Å². The lowest BCUT2D eigenvalue weighted by Gasteiger charge is -2.72. The Balaban J connectivity index is 1.35. The fourth-order valence-corrected chi connectivity index (χ4v) is 13.6. The summed E-state index contributed by atoms with van der Waals surface area (Å²) in [6.45, 7) is 25.4. The van der Waals surface area contributed by atoms with E-state index in [2.05, 4.69) is 44.8 Å². The molecule has 1 aliphatic heterocycles. The van der Waals surface area contributed by atoms with Gasteiger partial charge in [0.15, 0.2) is 0 Å². The van der Waals surface area contributed by atoms with Gasteiger partial charge in [0.05, 0.1) is 24.7 Å². The highest BCUT2D eigenvalue weighted by atomic mass is 16.5. The smallest absolute Gasteiger partial charge is 0.326 e. The van der Waals surface area contributed by atoms with Gasteiger partial charge < -0.3 is 20.3 Å². The van der Waals surface area contributed by atoms with E-state index in [0.717, 1.165) is 84.2 Å². The quantitative estimate of drug-likeness (QED) is 0.246. The molecule has 6 aliphatic rings. The number of carbonyl (C=O) groups excluding carboxylic acids is 1. The monoisotopic (exact) mass is 654 g/mol. The van der Waals surface area contributed by atoms with E-state index in [0.29, 0.717) is 24.2 Å². The molecule has 0 bridgehead atoms. The third kappa shape index (κ3) is 5.46. The number of fused-ring (bicyclic) bond motifs is 7. The first-order valence-corrected chi connectivity index (χ1v) is 19.2. The number of nitrogens with zero attached hydrogens (tertiary/aromatic N) is 1. The molecular weight excluding hydrogens is 588 g/mol. The molecule has 0 aromatic heterocycles. The molecule has 0 aromatic carbocycles. The van der Waals surface area contributed by atoms with Gasteiger partial charge in [-0.1, -0.05) is 60.6 Å². The molecule has 6 fully saturated rings. The number of aliphatic carboxylic acids is 1. The molecule has 0 radical (unpaired) electrons. The van der Waals surface area contributed by atoms with Crippen LogP contribution in [-0.4, -0.2) is 72.0 Å². The van der Waals surface area contributed by atoms with Crippen LogP contribution in [0.2, 0.25) is 0 Å². The lowest BCUT2D eigenvalue weighted by Crippen LogP contribution is -2.67. The molecular formula is C40H66N2O5. The van der Waals surface area contributed by atoms with Crippen molar-refractivity contribution in [3.63, 3.8) is 0 Å². The molecule has 1 saturated heterocycles. The lowest BCUT2D eigenvalue weighted by atomic mass is 9.32. The second-order valence-corrected chi connectivity index (χ2v) is 18.9. The molecule has 1 amide bonds. The van der Waals surface area contributed by atoms with Gasteiger partial charge in [0.2, 0.25) is 5.91 Å². The van der Waals surface area contributed by atoms with Crippen molar-refractivity contribution in [2.24, 2.45) is 62.6 Å². The van der Waals surface area contributed by atoms with E-state index in [4.69, 9.17) is 11.3 Å². The molecule has 0 aromatic rings. The Labute approximate surface area is 285 Å². The number of morpholine rings is 1. The van der Waals surface area contributed by atoms with Crippen LogP contribution in [0.3, 0.4) is 0 Å². The van der Waals surface area contributed by atoms with Crippen molar-refractivity contribution in [2.45, 2.75) is 131 Å². The summed E-state index contributed by atoms with van der Waals surface area (Å²) in [7, 11) is 0. The maximum absolute atomic E-state index is 14.7. The van der Waals surface area contributed by atoms with Crippen molar-refractivity contribution in [1.29, 1.82) is 0 Å². The van der Waals surface area contributed by atoms with Crippen molar-refractivity contribution in [2.75, 3.05) is 32.8 Å². The molecule has 47 heavy (non-hydrogen) atoms. The first-order valence-electron chi connectivity index (χ1n) is 19.2. The van der Waals surface area contributed by atoms with Crippen LogP contribution >= 0.6 is 0 Å². The molecule has 11 atom stereocenters. The lowest BCUT2D eigenvalue weighted by molar-refractivity contribution is -0.246. The van der Waals surface area contributed by atoms with Gasteiger partial charge in [-0.05, 0) is 128 Å². The number of carbonyl (C=O) groups is 2. The van der Waals surface area contributed by atoms with Crippen LogP contribution in [0.1, 0.15) is 119 Å². The molecule has 6 rings (SSSR count). The van der Waals surface area contributed by atoms with Crippen molar-refractivity contribution in [3.05, 3.63) is 12.2 Å². The highest BCUT2D eigenvalue weighted by Gasteiger charge is 2.72. The Hall–Kier alpha value is -1.44. The van der Waals surface area contributed by atoms with Gasteiger partial charge >= 0.3 is 5.97 Å². The summed E-state index contributed by atoms with van der Waals surface area (Å²) < 4.78 is 5.65. The standard InChI is InChI=1S/C40H66N2O5/c1-25(2)23-29(34(44)45)41-35(46)40-16-11-27(26(3)24-42-19-21-47-22-20-42)33(40)28-9-10-31-37(6)14-13-32(43)36(4,5)30(37)12-15-39(31,8)38(28,7)17-18-40/h25,27-33,43H,3,9-24H2,1-2,4-8H3,(H,41,46)(H,44,45)/t27-,28+,29?,30-,31+,32-,33+,37-,38+,39+,40-/m0/s1. The second kappa shape index (κ2) is 12.4. The average molecular weight is 655 g/mol. The Bertz CT molecular complexity index is 1230. The summed E-state index contributed by atoms with van der Waals surface area (Å²) in [5.41, 5.74) is 1.09. The number of aliphatic hydroxyl groups excluding tert-OH is 1. The van der Waals surface area contributed by atoms with Gasteiger partial charge in [-0.15, -0.1) is 0 Å². The Morgan fingerprint density at radius 2 is 1.60 bits per heavy atom. The Kier molecular flexibility index (Phi) is 9.34. The highest BCUT2D eigenvalue weighted by Crippen LogP contribution is 2.77. The Morgan fingerprint density at radius 3 is 2.26 bits per heavy atom. The third-order valence-corrected chi connectivity index (χ3v) is 16.2. The van der Waals surface area contributed by atoms with Gasteiger partial charge in [0.25, 0.3) is 0 Å². The summed E-state index contributed by atoms with van der Waals surface area (Å²) >= 11 is 0. The maximum Gasteiger partial charge on any atom is 0.326 e. The van der Waals surface area contributed by atoms with Crippen LogP contribution in [-0.2, 0) is 14.3 Å². The number of aliphatic hydroxyl groups is 1. The van der Waals surface area contributed by atoms with Crippen LogP contribution in [0.25, 0.3) is 0 Å². The van der Waals surface area contributed by atoms with Crippen LogP contribution < -0.4 is 5.32 Å². The molecule has 5 aliphatic carbocycles. The zero-order chi connectivity index (χ0) is 34.2. The van der Waals surface area contributed by atoms with Gasteiger partial charge in [0, 0.05) is 19.6 Å². The van der Waals surface area contributed by atoms with Gasteiger partial charge in [-0.3, -0.25) is 9.69 Å². The van der Waals surface area contributed by atoms with E-state index in [1.165, 1.54) is 18.4 Å². The SMILES string of the molecule is C=C(CN1CCOCC1)[C@@H]1CC[C@]2(C(=O)NC(CC(C)C)C(=O)O)CC[C@]3(C)[C@H](CC[C@@H]4[C@@]5(C)CC[C@H](O)C(C)(C)[C@@H]5CC[C@]43C)[C@@H]12. The summed E-state index contributed by atoms with van der Waals surface area (Å²) in [6, 6.07) is -0.852. The summed E-state index contributed by atoms with van der Waals surface area (Å²) in [6.07, 6.45) is 10.5. The molecule has 0 spiro atoms. The number of amides is 1. The number of carboxylic acids is 1. The number of hydrogen-bond acceptors (Lipinski definition) is 5. The van der Waals surface area contributed by atoms with Gasteiger partial charge in [-0.2, -0.15) is 0 Å². The summed E-state index contributed by atoms with van der Waals surface area (Å²) in [4.78, 5) is 29.5. The zero-order valence-corrected chi connectivity index (χ0v) is 30.7. The van der Waals surface area contributed by atoms with Gasteiger partial charge in [0.1, 0.15) is 6.04 Å². The molecule has 3 N–H and O–H groups in total. The van der Waals surface area contributed by atoms with E-state index in [-0.39, 0.29) is 51.4 Å². The van der Waals surface area contributed by atoms with E-state index in [1.807, 2.05) is 13.8 Å². The average Bonchev–Trinajstić information content (AvgIpc) is 3.41. The number of rotatable bonds is 8. The molecule has 7 heteroatoms. The topological polar surface area (TPSA) is 99.1 Å². The van der Waals surface area contributed by atoms with Crippen LogP contribution in [0, 0.1) is 62.6 Å². The fraction of sp³-hybridized carbons (Fsp3) is 0.900. The normalized spacial score (nSPS) is 45.2. The third-order valence-electron chi connectivity index (χ3n) is 16.2. The molecule has 266 valence electrons. The Morgan fingerprint density at radius 1 is 0.894 bits per heavy atom. The summed E-state index contributed by atoms with van der Waals surface area (Å²) in [5.74, 6) is 1.20. The van der Waals surface area contributed by atoms with E-state index >= 15 is 0 Å². The first-order chi connectivity index (χ1) is 22.0. The van der Waals surface area contributed by atoms with Crippen molar-refractivity contribution in [1.82, 2.24) is 10.2 Å². The number of nitrogens with one attached hydrogen (secondary N) is 1. The molecule has 7 nitrogen and oxygen atoms in total. The van der Waals surface area contributed by atoms with Gasteiger partial charge in [-0.25, -0.2) is 4.79 Å². The molecule has 1 heterocycles. The van der Waals surface area contributed by atoms with Crippen molar-refractivity contribution in [3.8, 4) is 0 Å². The number of hydrogen-bond donors (Lipinski definition) is 3. The predicted octanol–water partition coefficient (Wildman–Crippen LogP) is 6.93. The summed E-state index contributed by atoms with van der Waals surface area (Å²) in [5, 5.41) is 24.4. The number of carboxylic acid groups (broad SMARTS) is 1. The van der Waals surface area contributed by atoms with Crippen LogP contribution in [0.15, 0.2) is 12.2 Å². The number of ether oxygens (including phenoxy) is 1. The minimum absolute atomic E-state index is 0.00904. The minimum Gasteiger partial charge on any atom is -0.480 e. The molecule has 1 unspecified atom stereocenters. The van der Waals surface area contributed by atoms with E-state index in [9.17, 15) is 19.8 Å².